The Morgan fingerprint density at radius 3 is 2.73 bits per heavy atom. The molecule has 3 heteroatoms. The third-order valence-electron chi connectivity index (χ3n) is 2.63. The standard InChI is InChI=1S/C12H19BrO2/c1-10(14)15-12-9-7-5-3-2-4-6-8-11(12)13/h8,12H,2-7,9H2,1H3/b11-8-. The molecule has 0 radical (unpaired) electrons. The number of ether oxygens (including phenoxy) is 1. The molecule has 1 atom stereocenters. The van der Waals surface area contributed by atoms with Crippen molar-refractivity contribution in [1.82, 2.24) is 0 Å². The highest BCUT2D eigenvalue weighted by Crippen LogP contribution is 2.23. The third-order valence-corrected chi connectivity index (χ3v) is 3.46. The van der Waals surface area contributed by atoms with Gasteiger partial charge in [-0.3, -0.25) is 4.79 Å². The average molecular weight is 275 g/mol. The van der Waals surface area contributed by atoms with Crippen LogP contribution >= 0.6 is 15.9 Å². The normalized spacial score (nSPS) is 27.6. The Kier molecular flexibility index (Phi) is 5.99. The van der Waals surface area contributed by atoms with Crippen molar-refractivity contribution in [1.29, 1.82) is 0 Å². The molecule has 0 aliphatic heterocycles. The van der Waals surface area contributed by atoms with E-state index in [4.69, 9.17) is 4.74 Å². The summed E-state index contributed by atoms with van der Waals surface area (Å²) in [5.41, 5.74) is 0. The predicted molar refractivity (Wildman–Crippen MR) is 64.9 cm³/mol. The summed E-state index contributed by atoms with van der Waals surface area (Å²) in [6.45, 7) is 1.47. The van der Waals surface area contributed by atoms with Crippen molar-refractivity contribution < 1.29 is 9.53 Å². The highest BCUT2D eigenvalue weighted by molar-refractivity contribution is 9.11. The molecule has 0 aromatic heterocycles. The van der Waals surface area contributed by atoms with Crippen LogP contribution in [0.15, 0.2) is 10.6 Å². The van der Waals surface area contributed by atoms with Crippen LogP contribution in [0.3, 0.4) is 0 Å². The smallest absolute Gasteiger partial charge is 0.303 e. The maximum atomic E-state index is 10.9. The molecule has 0 N–H and O–H groups in total. The Labute approximate surface area is 100 Å². The Bertz CT molecular complexity index is 236. The van der Waals surface area contributed by atoms with E-state index in [-0.39, 0.29) is 12.1 Å². The molecular formula is C12H19BrO2. The molecule has 2 nitrogen and oxygen atoms in total. The zero-order chi connectivity index (χ0) is 11.1. The Morgan fingerprint density at radius 2 is 2.00 bits per heavy atom. The predicted octanol–water partition coefficient (Wildman–Crippen LogP) is 3.94. The first-order valence-corrected chi connectivity index (χ1v) is 6.52. The summed E-state index contributed by atoms with van der Waals surface area (Å²) in [5, 5.41) is 0. The van der Waals surface area contributed by atoms with Crippen LogP contribution in [0.2, 0.25) is 0 Å². The lowest BCUT2D eigenvalue weighted by molar-refractivity contribution is -0.144. The number of carbonyl (C=O) groups excluding carboxylic acids is 1. The number of allylic oxidation sites excluding steroid dienone is 1. The zero-order valence-corrected chi connectivity index (χ0v) is 10.9. The summed E-state index contributed by atoms with van der Waals surface area (Å²) < 4.78 is 6.32. The lowest BCUT2D eigenvalue weighted by atomic mass is 10.0. The van der Waals surface area contributed by atoms with Gasteiger partial charge in [0, 0.05) is 11.4 Å². The number of esters is 1. The highest BCUT2D eigenvalue weighted by atomic mass is 79.9. The maximum Gasteiger partial charge on any atom is 0.303 e. The highest BCUT2D eigenvalue weighted by Gasteiger charge is 2.15. The molecule has 0 fully saturated rings. The minimum absolute atomic E-state index is 0.0550. The molecule has 1 aliphatic carbocycles. The van der Waals surface area contributed by atoms with Gasteiger partial charge in [-0.15, -0.1) is 0 Å². The molecule has 0 saturated carbocycles. The fourth-order valence-corrected chi connectivity index (χ4v) is 2.38. The summed E-state index contributed by atoms with van der Waals surface area (Å²) in [7, 11) is 0. The van der Waals surface area contributed by atoms with Crippen molar-refractivity contribution in [3.05, 3.63) is 10.6 Å². The van der Waals surface area contributed by atoms with Crippen LogP contribution in [0.5, 0.6) is 0 Å². The first-order valence-electron chi connectivity index (χ1n) is 5.73. The van der Waals surface area contributed by atoms with Crippen molar-refractivity contribution in [2.75, 3.05) is 0 Å². The summed E-state index contributed by atoms with van der Waals surface area (Å²) in [5.74, 6) is -0.192. The molecule has 0 amide bonds. The summed E-state index contributed by atoms with van der Waals surface area (Å²) in [6, 6.07) is 0. The molecule has 1 rings (SSSR count). The second-order valence-electron chi connectivity index (χ2n) is 4.03. The van der Waals surface area contributed by atoms with Gasteiger partial charge in [0.25, 0.3) is 0 Å². The number of hydrogen-bond acceptors (Lipinski definition) is 2. The van der Waals surface area contributed by atoms with E-state index in [0.29, 0.717) is 0 Å². The molecule has 0 aromatic carbocycles. The monoisotopic (exact) mass is 274 g/mol. The summed E-state index contributed by atoms with van der Waals surface area (Å²) in [4.78, 5) is 10.9. The van der Waals surface area contributed by atoms with E-state index in [1.807, 2.05) is 0 Å². The first-order chi connectivity index (χ1) is 7.20. The quantitative estimate of drug-likeness (QED) is 0.677. The van der Waals surface area contributed by atoms with E-state index in [1.165, 1.54) is 32.6 Å². The lowest BCUT2D eigenvalue weighted by Gasteiger charge is -2.17. The van der Waals surface area contributed by atoms with Gasteiger partial charge in [-0.1, -0.05) is 41.3 Å². The molecule has 0 heterocycles. The second-order valence-corrected chi connectivity index (χ2v) is 4.95. The van der Waals surface area contributed by atoms with Gasteiger partial charge in [0.1, 0.15) is 6.10 Å². The van der Waals surface area contributed by atoms with Crippen LogP contribution in [-0.4, -0.2) is 12.1 Å². The van der Waals surface area contributed by atoms with Crippen LogP contribution in [0, 0.1) is 0 Å². The van der Waals surface area contributed by atoms with Gasteiger partial charge < -0.3 is 4.74 Å². The average Bonchev–Trinajstić information content (AvgIpc) is 2.19. The van der Waals surface area contributed by atoms with Gasteiger partial charge in [-0.2, -0.15) is 0 Å². The fraction of sp³-hybridized carbons (Fsp3) is 0.750. The lowest BCUT2D eigenvalue weighted by Crippen LogP contribution is -2.16. The molecule has 0 spiro atoms. The van der Waals surface area contributed by atoms with Crippen LogP contribution in [0.1, 0.15) is 51.9 Å². The molecule has 1 unspecified atom stereocenters. The minimum Gasteiger partial charge on any atom is -0.457 e. The number of carbonyl (C=O) groups is 1. The summed E-state index contributed by atoms with van der Waals surface area (Å²) >= 11 is 3.51. The molecule has 0 bridgehead atoms. The molecule has 0 saturated heterocycles. The topological polar surface area (TPSA) is 26.3 Å². The van der Waals surface area contributed by atoms with E-state index < -0.39 is 0 Å². The SMILES string of the molecule is CC(=O)OC1CCCCCCC/C=C/1Br. The third kappa shape index (κ3) is 5.36. The molecule has 86 valence electrons. The van der Waals surface area contributed by atoms with Gasteiger partial charge in [0.05, 0.1) is 0 Å². The molecule has 15 heavy (non-hydrogen) atoms. The first kappa shape index (κ1) is 12.8. The minimum atomic E-state index is -0.192. The van der Waals surface area contributed by atoms with E-state index >= 15 is 0 Å². The van der Waals surface area contributed by atoms with Gasteiger partial charge >= 0.3 is 5.97 Å². The number of halogens is 1. The zero-order valence-electron chi connectivity index (χ0n) is 9.30. The van der Waals surface area contributed by atoms with E-state index in [1.54, 1.807) is 0 Å². The van der Waals surface area contributed by atoms with Gasteiger partial charge in [0.15, 0.2) is 0 Å². The van der Waals surface area contributed by atoms with Gasteiger partial charge in [-0.25, -0.2) is 0 Å². The Morgan fingerprint density at radius 1 is 1.33 bits per heavy atom. The molecule has 1 aliphatic rings. The van der Waals surface area contributed by atoms with Crippen LogP contribution in [-0.2, 0) is 9.53 Å². The maximum absolute atomic E-state index is 10.9. The van der Waals surface area contributed by atoms with Crippen molar-refractivity contribution >= 4 is 21.9 Å². The van der Waals surface area contributed by atoms with E-state index in [2.05, 4.69) is 22.0 Å². The van der Waals surface area contributed by atoms with E-state index in [9.17, 15) is 4.79 Å². The molecular weight excluding hydrogens is 256 g/mol. The van der Waals surface area contributed by atoms with Crippen LogP contribution < -0.4 is 0 Å². The van der Waals surface area contributed by atoms with Crippen molar-refractivity contribution in [3.8, 4) is 0 Å². The van der Waals surface area contributed by atoms with Gasteiger partial charge in [-0.05, 0) is 25.7 Å². The molecule has 0 aromatic rings. The fourth-order valence-electron chi connectivity index (χ4n) is 1.83. The second kappa shape index (κ2) is 7.04. The Balaban J connectivity index is 2.56. The number of hydrogen-bond donors (Lipinski definition) is 0. The van der Waals surface area contributed by atoms with Crippen LogP contribution in [0.25, 0.3) is 0 Å². The largest absolute Gasteiger partial charge is 0.457 e. The van der Waals surface area contributed by atoms with Gasteiger partial charge in [0.2, 0.25) is 0 Å². The summed E-state index contributed by atoms with van der Waals surface area (Å²) in [6.07, 6.45) is 10.4. The van der Waals surface area contributed by atoms with Crippen LogP contribution in [0.4, 0.5) is 0 Å². The van der Waals surface area contributed by atoms with E-state index in [0.717, 1.165) is 23.7 Å². The Hall–Kier alpha value is -0.310. The van der Waals surface area contributed by atoms with Crippen molar-refractivity contribution in [3.63, 3.8) is 0 Å². The number of rotatable bonds is 1. The van der Waals surface area contributed by atoms with Crippen molar-refractivity contribution in [2.45, 2.75) is 58.0 Å². The van der Waals surface area contributed by atoms with Crippen molar-refractivity contribution in [2.24, 2.45) is 0 Å².